The Labute approximate surface area is 70.1 Å². The number of hydrogen-bond donors (Lipinski definition) is 0. The first-order valence-electron chi connectivity index (χ1n) is 3.89. The largest absolute Gasteiger partial charge is 0.276 e. The minimum absolute atomic E-state index is 0.351. The van der Waals surface area contributed by atoms with Crippen LogP contribution in [0.1, 0.15) is 19.8 Å². The Morgan fingerprint density at radius 2 is 1.91 bits per heavy atom. The third-order valence-corrected chi connectivity index (χ3v) is 6.85. The Bertz CT molecular complexity index is 186. The van der Waals surface area contributed by atoms with Gasteiger partial charge in [-0.1, -0.05) is 26.4 Å². The highest BCUT2D eigenvalue weighted by molar-refractivity contribution is 8.14. The van der Waals surface area contributed by atoms with E-state index in [1.165, 1.54) is 0 Å². The van der Waals surface area contributed by atoms with Crippen molar-refractivity contribution in [1.82, 2.24) is 0 Å². The van der Waals surface area contributed by atoms with Gasteiger partial charge in [0.05, 0.1) is 6.61 Å². The quantitative estimate of drug-likeness (QED) is 0.489. The SMILES string of the molecule is CCCCOS(=O)(=O)[SiH](C)C. The predicted octanol–water partition coefficient (Wildman–Crippen LogP) is 1.12. The van der Waals surface area contributed by atoms with Crippen LogP contribution in [0.5, 0.6) is 0 Å². The van der Waals surface area contributed by atoms with Gasteiger partial charge in [-0.2, -0.15) is 0 Å². The van der Waals surface area contributed by atoms with E-state index < -0.39 is 17.5 Å². The molecule has 0 spiro atoms. The number of hydrogen-bond acceptors (Lipinski definition) is 3. The van der Waals surface area contributed by atoms with E-state index in [9.17, 15) is 8.42 Å². The summed E-state index contributed by atoms with van der Waals surface area (Å²) in [6.45, 7) is 5.86. The number of unbranched alkanes of at least 4 members (excludes halogenated alkanes) is 1. The van der Waals surface area contributed by atoms with Gasteiger partial charge in [-0.3, -0.25) is 4.18 Å². The zero-order chi connectivity index (χ0) is 8.91. The smallest absolute Gasteiger partial charge is 0.226 e. The molecule has 3 nitrogen and oxygen atoms in total. The van der Waals surface area contributed by atoms with Crippen LogP contribution in [0.4, 0.5) is 0 Å². The average Bonchev–Trinajstić information content (AvgIpc) is 1.88. The highest BCUT2D eigenvalue weighted by atomic mass is 32.4. The fourth-order valence-electron chi connectivity index (χ4n) is 0.455. The van der Waals surface area contributed by atoms with Crippen LogP contribution in [-0.4, -0.2) is 23.0 Å². The lowest BCUT2D eigenvalue weighted by Gasteiger charge is -2.05. The van der Waals surface area contributed by atoms with Gasteiger partial charge in [0.1, 0.15) is 0 Å². The maximum atomic E-state index is 11.0. The summed E-state index contributed by atoms with van der Waals surface area (Å²) in [6.07, 6.45) is 1.79. The summed E-state index contributed by atoms with van der Waals surface area (Å²) in [5.41, 5.74) is 0. The molecule has 11 heavy (non-hydrogen) atoms. The van der Waals surface area contributed by atoms with Gasteiger partial charge in [-0.25, -0.2) is 8.42 Å². The highest BCUT2D eigenvalue weighted by Crippen LogP contribution is 2.00. The molecule has 0 aliphatic rings. The standard InChI is InChI=1S/C6H16O3SSi/c1-4-5-6-9-10(7,8)11(2)3/h11H,4-6H2,1-3H3. The highest BCUT2D eigenvalue weighted by Gasteiger charge is 2.17. The molecule has 0 amide bonds. The second kappa shape index (κ2) is 4.90. The van der Waals surface area contributed by atoms with Crippen LogP contribution >= 0.6 is 0 Å². The van der Waals surface area contributed by atoms with Crippen LogP contribution < -0.4 is 0 Å². The van der Waals surface area contributed by atoms with Crippen LogP contribution in [0.2, 0.25) is 13.1 Å². The first-order valence-corrected chi connectivity index (χ1v) is 9.08. The van der Waals surface area contributed by atoms with Gasteiger partial charge in [0.25, 0.3) is 0 Å². The molecule has 0 N–H and O–H groups in total. The van der Waals surface area contributed by atoms with E-state index in [-0.39, 0.29) is 0 Å². The molecule has 0 atom stereocenters. The Hall–Kier alpha value is 0.127. The molecule has 0 aromatic rings. The van der Waals surface area contributed by atoms with Crippen molar-refractivity contribution in [3.63, 3.8) is 0 Å². The van der Waals surface area contributed by atoms with Crippen molar-refractivity contribution in [2.45, 2.75) is 32.9 Å². The topological polar surface area (TPSA) is 43.4 Å². The molecule has 0 saturated carbocycles. The summed E-state index contributed by atoms with van der Waals surface area (Å²) < 4.78 is 26.9. The number of rotatable bonds is 5. The zero-order valence-electron chi connectivity index (χ0n) is 7.33. The van der Waals surface area contributed by atoms with Crippen molar-refractivity contribution < 1.29 is 12.6 Å². The summed E-state index contributed by atoms with van der Waals surface area (Å²) >= 11 is 0. The first kappa shape index (κ1) is 11.1. The molecular weight excluding hydrogens is 180 g/mol. The minimum atomic E-state index is -3.13. The molecule has 0 aromatic heterocycles. The van der Waals surface area contributed by atoms with E-state index in [0.717, 1.165) is 12.8 Å². The van der Waals surface area contributed by atoms with Crippen LogP contribution in [0.3, 0.4) is 0 Å². The van der Waals surface area contributed by atoms with E-state index in [1.807, 2.05) is 6.92 Å². The van der Waals surface area contributed by atoms with Crippen LogP contribution in [0, 0.1) is 0 Å². The minimum Gasteiger partial charge on any atom is -0.276 e. The lowest BCUT2D eigenvalue weighted by molar-refractivity contribution is 0.319. The Morgan fingerprint density at radius 1 is 1.36 bits per heavy atom. The molecule has 5 heteroatoms. The molecule has 68 valence electrons. The van der Waals surface area contributed by atoms with E-state index in [0.29, 0.717) is 6.61 Å². The summed E-state index contributed by atoms with van der Waals surface area (Å²) in [5, 5.41) is 0. The summed E-state index contributed by atoms with van der Waals surface area (Å²) in [6, 6.07) is 0. The second-order valence-electron chi connectivity index (χ2n) is 2.72. The van der Waals surface area contributed by atoms with Crippen LogP contribution in [0.15, 0.2) is 0 Å². The van der Waals surface area contributed by atoms with Gasteiger partial charge in [-0.05, 0) is 6.42 Å². The Morgan fingerprint density at radius 3 is 2.27 bits per heavy atom. The van der Waals surface area contributed by atoms with Gasteiger partial charge in [0.15, 0.2) is 0 Å². The average molecular weight is 196 g/mol. The molecule has 0 bridgehead atoms. The lowest BCUT2D eigenvalue weighted by atomic mass is 10.4. The maximum Gasteiger partial charge on any atom is 0.226 e. The Kier molecular flexibility index (Phi) is 4.95. The normalized spacial score (nSPS) is 12.4. The second-order valence-corrected chi connectivity index (χ2v) is 10.6. The van der Waals surface area contributed by atoms with E-state index in [1.54, 1.807) is 13.1 Å². The molecule has 0 heterocycles. The van der Waals surface area contributed by atoms with Gasteiger partial charge >= 0.3 is 0 Å². The zero-order valence-corrected chi connectivity index (χ0v) is 9.30. The maximum absolute atomic E-state index is 11.0. The third-order valence-electron chi connectivity index (χ3n) is 1.32. The van der Waals surface area contributed by atoms with Gasteiger partial charge < -0.3 is 0 Å². The van der Waals surface area contributed by atoms with Gasteiger partial charge in [0, 0.05) is 0 Å². The van der Waals surface area contributed by atoms with Crippen molar-refractivity contribution in [2.24, 2.45) is 0 Å². The van der Waals surface area contributed by atoms with Gasteiger partial charge in [0.2, 0.25) is 17.5 Å². The van der Waals surface area contributed by atoms with Crippen molar-refractivity contribution in [2.75, 3.05) is 6.61 Å². The molecule has 0 saturated heterocycles. The lowest BCUT2D eigenvalue weighted by Crippen LogP contribution is -2.21. The van der Waals surface area contributed by atoms with E-state index in [4.69, 9.17) is 4.18 Å². The third kappa shape index (κ3) is 4.55. The van der Waals surface area contributed by atoms with Crippen LogP contribution in [-0.2, 0) is 13.8 Å². The van der Waals surface area contributed by atoms with Crippen molar-refractivity contribution in [1.29, 1.82) is 0 Å². The summed E-state index contributed by atoms with van der Waals surface area (Å²) in [5.74, 6) is 0. The molecular formula is C6H16O3SSi. The molecule has 0 fully saturated rings. The monoisotopic (exact) mass is 196 g/mol. The molecule has 0 aromatic carbocycles. The van der Waals surface area contributed by atoms with Gasteiger partial charge in [-0.15, -0.1) is 0 Å². The molecule has 0 unspecified atom stereocenters. The molecule has 0 aliphatic heterocycles. The fourth-order valence-corrected chi connectivity index (χ4v) is 2.18. The van der Waals surface area contributed by atoms with Crippen molar-refractivity contribution in [3.05, 3.63) is 0 Å². The summed E-state index contributed by atoms with van der Waals surface area (Å²) in [7, 11) is -4.80. The first-order chi connectivity index (χ1) is 5.00. The summed E-state index contributed by atoms with van der Waals surface area (Å²) in [4.78, 5) is 0. The van der Waals surface area contributed by atoms with Crippen molar-refractivity contribution in [3.8, 4) is 0 Å². The molecule has 0 aliphatic carbocycles. The fraction of sp³-hybridized carbons (Fsp3) is 1.00. The molecule has 0 radical (unpaired) electrons. The van der Waals surface area contributed by atoms with E-state index >= 15 is 0 Å². The molecule has 0 rings (SSSR count). The Balaban J connectivity index is 3.75. The van der Waals surface area contributed by atoms with Crippen molar-refractivity contribution >= 4 is 17.5 Å². The van der Waals surface area contributed by atoms with Crippen LogP contribution in [0.25, 0.3) is 0 Å². The predicted molar refractivity (Wildman–Crippen MR) is 48.7 cm³/mol. The van der Waals surface area contributed by atoms with E-state index in [2.05, 4.69) is 0 Å².